The van der Waals surface area contributed by atoms with Gasteiger partial charge >= 0.3 is 0 Å². The average molecular weight is 358 g/mol. The molecule has 2 heteroatoms. The van der Waals surface area contributed by atoms with E-state index >= 15 is 0 Å². The highest BCUT2D eigenvalue weighted by molar-refractivity contribution is 6.09. The second-order valence-electron chi connectivity index (χ2n) is 6.74. The monoisotopic (exact) mass is 358 g/mol. The van der Waals surface area contributed by atoms with Crippen molar-refractivity contribution >= 4 is 32.9 Å². The summed E-state index contributed by atoms with van der Waals surface area (Å²) in [6.45, 7) is 0. The molecule has 0 unspecified atom stereocenters. The van der Waals surface area contributed by atoms with Gasteiger partial charge in [-0.3, -0.25) is 0 Å². The lowest BCUT2D eigenvalue weighted by Gasteiger charge is -2.13. The van der Waals surface area contributed by atoms with Gasteiger partial charge in [0.2, 0.25) is 0 Å². The van der Waals surface area contributed by atoms with E-state index in [1.165, 1.54) is 27.1 Å². The highest BCUT2D eigenvalue weighted by Gasteiger charge is 2.12. The second kappa shape index (κ2) is 7.09. The fourth-order valence-electron chi connectivity index (χ4n) is 3.68. The zero-order chi connectivity index (χ0) is 18.8. The Morgan fingerprint density at radius 2 is 1.07 bits per heavy atom. The summed E-state index contributed by atoms with van der Waals surface area (Å²) in [4.78, 5) is 0. The summed E-state index contributed by atoms with van der Waals surface area (Å²) in [5.41, 5.74) is 4.02. The van der Waals surface area contributed by atoms with Crippen molar-refractivity contribution in [3.8, 4) is 11.1 Å². The minimum Gasteiger partial charge on any atom is -0.151 e. The Morgan fingerprint density at radius 1 is 0.429 bits per heavy atom. The molecule has 0 radical (unpaired) electrons. The quantitative estimate of drug-likeness (QED) is 0.291. The van der Waals surface area contributed by atoms with E-state index in [1.807, 2.05) is 30.3 Å². The van der Waals surface area contributed by atoms with Crippen LogP contribution in [0.4, 0.5) is 11.4 Å². The zero-order valence-electron chi connectivity index (χ0n) is 15.3. The van der Waals surface area contributed by atoms with E-state index in [0.29, 0.717) is 0 Å². The van der Waals surface area contributed by atoms with Crippen molar-refractivity contribution in [3.05, 3.63) is 109 Å². The molecule has 0 saturated carbocycles. The molecule has 0 bridgehead atoms. The van der Waals surface area contributed by atoms with Crippen LogP contribution in [0.15, 0.2) is 119 Å². The van der Waals surface area contributed by atoms with Gasteiger partial charge in [-0.1, -0.05) is 91.0 Å². The van der Waals surface area contributed by atoms with E-state index in [4.69, 9.17) is 0 Å². The maximum absolute atomic E-state index is 4.63. The first-order valence-electron chi connectivity index (χ1n) is 9.37. The number of hydrogen-bond donors (Lipinski definition) is 0. The van der Waals surface area contributed by atoms with Gasteiger partial charge in [0.25, 0.3) is 0 Å². The number of benzene rings is 5. The number of nitrogens with zero attached hydrogens (tertiary/aromatic N) is 2. The van der Waals surface area contributed by atoms with Gasteiger partial charge in [-0.05, 0) is 45.3 Å². The van der Waals surface area contributed by atoms with Crippen molar-refractivity contribution in [1.29, 1.82) is 0 Å². The molecule has 0 N–H and O–H groups in total. The van der Waals surface area contributed by atoms with Crippen molar-refractivity contribution in [1.82, 2.24) is 0 Å². The number of hydrogen-bond acceptors (Lipinski definition) is 2. The molecule has 0 fully saturated rings. The Morgan fingerprint density at radius 3 is 1.89 bits per heavy atom. The molecule has 0 spiro atoms. The zero-order valence-corrected chi connectivity index (χ0v) is 15.3. The summed E-state index contributed by atoms with van der Waals surface area (Å²) < 4.78 is 0. The molecule has 5 aromatic rings. The van der Waals surface area contributed by atoms with Crippen molar-refractivity contribution in [2.45, 2.75) is 0 Å². The van der Waals surface area contributed by atoms with Gasteiger partial charge < -0.3 is 0 Å². The highest BCUT2D eigenvalue weighted by atomic mass is 15.1. The van der Waals surface area contributed by atoms with Crippen LogP contribution < -0.4 is 0 Å². The molecule has 2 nitrogen and oxygen atoms in total. The number of fused-ring (bicyclic) bond motifs is 2. The van der Waals surface area contributed by atoms with Crippen LogP contribution in [0.25, 0.3) is 32.7 Å². The third-order valence-electron chi connectivity index (χ3n) is 5.00. The van der Waals surface area contributed by atoms with Gasteiger partial charge in [-0.25, -0.2) is 0 Å². The summed E-state index contributed by atoms with van der Waals surface area (Å²) in [6, 6.07) is 37.4. The average Bonchev–Trinajstić information content (AvgIpc) is 2.77. The lowest BCUT2D eigenvalue weighted by Crippen LogP contribution is -1.85. The van der Waals surface area contributed by atoms with Crippen molar-refractivity contribution < 1.29 is 0 Å². The van der Waals surface area contributed by atoms with E-state index in [1.54, 1.807) is 0 Å². The predicted molar refractivity (Wildman–Crippen MR) is 118 cm³/mol. The van der Waals surface area contributed by atoms with Crippen LogP contribution >= 0.6 is 0 Å². The van der Waals surface area contributed by atoms with Crippen LogP contribution in [0.3, 0.4) is 0 Å². The highest BCUT2D eigenvalue weighted by Crippen LogP contribution is 2.41. The van der Waals surface area contributed by atoms with Crippen LogP contribution in [-0.2, 0) is 0 Å². The molecule has 132 valence electrons. The molecule has 28 heavy (non-hydrogen) atoms. The molecular formula is C26H18N2. The molecule has 0 heterocycles. The minimum atomic E-state index is 0.847. The smallest absolute Gasteiger partial charge is 0.0942 e. The lowest BCUT2D eigenvalue weighted by atomic mass is 9.92. The van der Waals surface area contributed by atoms with E-state index in [2.05, 4.69) is 89.1 Å². The normalized spacial score (nSPS) is 11.4. The van der Waals surface area contributed by atoms with Crippen LogP contribution in [0.5, 0.6) is 0 Å². The Kier molecular flexibility index (Phi) is 4.15. The molecule has 0 saturated heterocycles. The first-order chi connectivity index (χ1) is 13.9. The summed E-state index contributed by atoms with van der Waals surface area (Å²) in [6.07, 6.45) is 0. The Balaban J connectivity index is 1.79. The van der Waals surface area contributed by atoms with Crippen LogP contribution in [0, 0.1) is 0 Å². The summed E-state index contributed by atoms with van der Waals surface area (Å²) in [5.74, 6) is 0. The Hall–Kier alpha value is -3.78. The number of rotatable bonds is 3. The Bertz CT molecular complexity index is 1300. The third kappa shape index (κ3) is 2.95. The van der Waals surface area contributed by atoms with Crippen molar-refractivity contribution in [2.75, 3.05) is 0 Å². The van der Waals surface area contributed by atoms with Gasteiger partial charge in [0, 0.05) is 5.56 Å². The van der Waals surface area contributed by atoms with Gasteiger partial charge in [0.1, 0.15) is 0 Å². The Labute approximate surface area is 163 Å². The maximum atomic E-state index is 4.63. The van der Waals surface area contributed by atoms with E-state index < -0.39 is 0 Å². The van der Waals surface area contributed by atoms with Crippen LogP contribution in [0.2, 0.25) is 0 Å². The summed E-state index contributed by atoms with van der Waals surface area (Å²) in [7, 11) is 0. The molecule has 0 aromatic heterocycles. The minimum absolute atomic E-state index is 0.847. The molecular weight excluding hydrogens is 340 g/mol. The van der Waals surface area contributed by atoms with E-state index in [-0.39, 0.29) is 0 Å². The first-order valence-corrected chi connectivity index (χ1v) is 9.37. The van der Waals surface area contributed by atoms with Crippen LogP contribution in [-0.4, -0.2) is 0 Å². The first kappa shape index (κ1) is 16.4. The fraction of sp³-hybridized carbons (Fsp3) is 0. The topological polar surface area (TPSA) is 24.7 Å². The fourth-order valence-corrected chi connectivity index (χ4v) is 3.68. The molecule has 0 atom stereocenters. The standard InChI is InChI=1S/C26H18N2/c1-2-12-21(13-3-1)27-28-25-18-17-20-10-5-7-15-23(20)26(25)24-16-8-11-19-9-4-6-14-22(19)24/h1-18H. The lowest BCUT2D eigenvalue weighted by molar-refractivity contribution is 1.24. The SMILES string of the molecule is c1ccc(N=Nc2ccc3ccccc3c2-c2cccc3ccccc23)cc1. The van der Waals surface area contributed by atoms with Gasteiger partial charge in [0.05, 0.1) is 11.4 Å². The van der Waals surface area contributed by atoms with E-state index in [0.717, 1.165) is 16.9 Å². The summed E-state index contributed by atoms with van der Waals surface area (Å²) >= 11 is 0. The van der Waals surface area contributed by atoms with Gasteiger partial charge in [-0.2, -0.15) is 5.11 Å². The molecule has 0 aliphatic rings. The molecule has 0 aliphatic carbocycles. The second-order valence-corrected chi connectivity index (χ2v) is 6.74. The van der Waals surface area contributed by atoms with Gasteiger partial charge in [-0.15, -0.1) is 5.11 Å². The van der Waals surface area contributed by atoms with Crippen molar-refractivity contribution in [2.24, 2.45) is 10.2 Å². The molecule has 0 aliphatic heterocycles. The molecule has 5 rings (SSSR count). The predicted octanol–water partition coefficient (Wildman–Crippen LogP) is 8.08. The third-order valence-corrected chi connectivity index (χ3v) is 5.00. The van der Waals surface area contributed by atoms with Gasteiger partial charge in [0.15, 0.2) is 0 Å². The number of azo groups is 1. The molecule has 5 aromatic carbocycles. The summed E-state index contributed by atoms with van der Waals surface area (Å²) in [5, 5.41) is 13.9. The molecule has 0 amide bonds. The van der Waals surface area contributed by atoms with Crippen LogP contribution in [0.1, 0.15) is 0 Å². The largest absolute Gasteiger partial charge is 0.151 e. The van der Waals surface area contributed by atoms with Crippen molar-refractivity contribution in [3.63, 3.8) is 0 Å². The van der Waals surface area contributed by atoms with E-state index in [9.17, 15) is 0 Å². The maximum Gasteiger partial charge on any atom is 0.0942 e.